The average molecular weight is 319 g/mol. The van der Waals surface area contributed by atoms with Crippen molar-refractivity contribution < 1.29 is 14.3 Å². The predicted molar refractivity (Wildman–Crippen MR) is 90.4 cm³/mol. The van der Waals surface area contributed by atoms with Gasteiger partial charge in [-0.1, -0.05) is 0 Å². The summed E-state index contributed by atoms with van der Waals surface area (Å²) < 4.78 is 4.76. The molecule has 0 aromatic heterocycles. The molecule has 1 aromatic carbocycles. The van der Waals surface area contributed by atoms with Crippen LogP contribution in [0.25, 0.3) is 0 Å². The van der Waals surface area contributed by atoms with Gasteiger partial charge < -0.3 is 20.7 Å². The Morgan fingerprint density at radius 3 is 2.39 bits per heavy atom. The second-order valence-corrected chi connectivity index (χ2v) is 5.86. The van der Waals surface area contributed by atoms with Gasteiger partial charge >= 0.3 is 0 Å². The molecule has 0 bridgehead atoms. The molecule has 2 amide bonds. The van der Waals surface area contributed by atoms with Gasteiger partial charge in [-0.2, -0.15) is 0 Å². The standard InChI is InChI=1S/C17H25N3O3/c1-23-12-17(22)20-15-6-4-14(5-7-15)19-16(21)11-13-3-2-9-18-10-8-13/h4-7,13,18H,2-3,8-12H2,1H3,(H,19,21)(H,20,22). The maximum absolute atomic E-state index is 12.1. The second kappa shape index (κ2) is 9.27. The summed E-state index contributed by atoms with van der Waals surface area (Å²) >= 11 is 0. The van der Waals surface area contributed by atoms with Gasteiger partial charge in [0.15, 0.2) is 0 Å². The van der Waals surface area contributed by atoms with Gasteiger partial charge in [-0.05, 0) is 62.5 Å². The highest BCUT2D eigenvalue weighted by Crippen LogP contribution is 2.19. The van der Waals surface area contributed by atoms with Crippen molar-refractivity contribution in [2.75, 3.05) is 37.4 Å². The smallest absolute Gasteiger partial charge is 0.250 e. The number of nitrogens with one attached hydrogen (secondary N) is 3. The fourth-order valence-electron chi connectivity index (χ4n) is 2.73. The van der Waals surface area contributed by atoms with E-state index >= 15 is 0 Å². The third kappa shape index (κ3) is 6.38. The van der Waals surface area contributed by atoms with Gasteiger partial charge in [-0.3, -0.25) is 9.59 Å². The summed E-state index contributed by atoms with van der Waals surface area (Å²) in [4.78, 5) is 23.5. The molecule has 1 fully saturated rings. The van der Waals surface area contributed by atoms with E-state index in [0.29, 0.717) is 18.0 Å². The summed E-state index contributed by atoms with van der Waals surface area (Å²) in [5.41, 5.74) is 1.42. The Balaban J connectivity index is 1.80. The number of methoxy groups -OCH3 is 1. The first-order chi connectivity index (χ1) is 11.2. The number of benzene rings is 1. The number of rotatable bonds is 6. The van der Waals surface area contributed by atoms with Crippen LogP contribution in [0.15, 0.2) is 24.3 Å². The lowest BCUT2D eigenvalue weighted by Crippen LogP contribution is -2.18. The minimum Gasteiger partial charge on any atom is -0.375 e. The first-order valence-electron chi connectivity index (χ1n) is 8.07. The molecule has 1 saturated heterocycles. The summed E-state index contributed by atoms with van der Waals surface area (Å²) in [5, 5.41) is 8.99. The molecule has 6 heteroatoms. The van der Waals surface area contributed by atoms with Crippen LogP contribution in [-0.4, -0.2) is 38.6 Å². The van der Waals surface area contributed by atoms with Crippen molar-refractivity contribution in [2.24, 2.45) is 5.92 Å². The van der Waals surface area contributed by atoms with E-state index < -0.39 is 0 Å². The van der Waals surface area contributed by atoms with Crippen LogP contribution in [-0.2, 0) is 14.3 Å². The van der Waals surface area contributed by atoms with Gasteiger partial charge in [0.05, 0.1) is 0 Å². The Bertz CT molecular complexity index is 508. The van der Waals surface area contributed by atoms with Crippen LogP contribution in [0.4, 0.5) is 11.4 Å². The summed E-state index contributed by atoms with van der Waals surface area (Å²) in [6.45, 7) is 2.07. The maximum atomic E-state index is 12.1. The molecule has 23 heavy (non-hydrogen) atoms. The molecule has 1 aliphatic rings. The van der Waals surface area contributed by atoms with Crippen molar-refractivity contribution >= 4 is 23.2 Å². The first-order valence-corrected chi connectivity index (χ1v) is 8.07. The van der Waals surface area contributed by atoms with Crippen molar-refractivity contribution in [1.29, 1.82) is 0 Å². The molecule has 1 aliphatic heterocycles. The second-order valence-electron chi connectivity index (χ2n) is 5.86. The van der Waals surface area contributed by atoms with Crippen LogP contribution in [0.5, 0.6) is 0 Å². The van der Waals surface area contributed by atoms with E-state index in [1.54, 1.807) is 24.3 Å². The Kier molecular flexibility index (Phi) is 7.03. The third-order valence-corrected chi connectivity index (χ3v) is 3.90. The molecule has 1 unspecified atom stereocenters. The maximum Gasteiger partial charge on any atom is 0.250 e. The van der Waals surface area contributed by atoms with Gasteiger partial charge in [-0.15, -0.1) is 0 Å². The van der Waals surface area contributed by atoms with Crippen molar-refractivity contribution in [1.82, 2.24) is 5.32 Å². The number of anilines is 2. The molecule has 6 nitrogen and oxygen atoms in total. The zero-order valence-corrected chi connectivity index (χ0v) is 13.6. The van der Waals surface area contributed by atoms with Crippen LogP contribution in [0, 0.1) is 5.92 Å². The Morgan fingerprint density at radius 1 is 1.09 bits per heavy atom. The first kappa shape index (κ1) is 17.4. The van der Waals surface area contributed by atoms with E-state index in [-0.39, 0.29) is 18.4 Å². The van der Waals surface area contributed by atoms with Gasteiger partial charge in [0.2, 0.25) is 11.8 Å². The molecular weight excluding hydrogens is 294 g/mol. The number of hydrogen-bond acceptors (Lipinski definition) is 4. The third-order valence-electron chi connectivity index (χ3n) is 3.90. The van der Waals surface area contributed by atoms with E-state index in [1.165, 1.54) is 7.11 Å². The van der Waals surface area contributed by atoms with Crippen molar-refractivity contribution in [3.63, 3.8) is 0 Å². The highest BCUT2D eigenvalue weighted by molar-refractivity contribution is 5.93. The van der Waals surface area contributed by atoms with Crippen LogP contribution in [0.3, 0.4) is 0 Å². The quantitative estimate of drug-likeness (QED) is 0.749. The fourth-order valence-corrected chi connectivity index (χ4v) is 2.73. The fraction of sp³-hybridized carbons (Fsp3) is 0.529. The summed E-state index contributed by atoms with van der Waals surface area (Å²) in [7, 11) is 1.47. The summed E-state index contributed by atoms with van der Waals surface area (Å²) in [5.74, 6) is 0.303. The number of ether oxygens (including phenoxy) is 1. The van der Waals surface area contributed by atoms with Crippen LogP contribution in [0.2, 0.25) is 0 Å². The minimum atomic E-state index is -0.203. The Hall–Kier alpha value is -1.92. The van der Waals surface area contributed by atoms with E-state index in [2.05, 4.69) is 16.0 Å². The number of carbonyl (C=O) groups excluding carboxylic acids is 2. The highest BCUT2D eigenvalue weighted by atomic mass is 16.5. The minimum absolute atomic E-state index is 0.0226. The topological polar surface area (TPSA) is 79.5 Å². The molecule has 1 heterocycles. The van der Waals surface area contributed by atoms with Gasteiger partial charge in [0.25, 0.3) is 0 Å². The van der Waals surface area contributed by atoms with Crippen molar-refractivity contribution in [3.8, 4) is 0 Å². The van der Waals surface area contributed by atoms with E-state index in [4.69, 9.17) is 4.74 Å². The monoisotopic (exact) mass is 319 g/mol. The van der Waals surface area contributed by atoms with Gasteiger partial charge in [0.1, 0.15) is 6.61 Å². The molecule has 1 aromatic rings. The van der Waals surface area contributed by atoms with Crippen LogP contribution < -0.4 is 16.0 Å². The molecular formula is C17H25N3O3. The zero-order chi connectivity index (χ0) is 16.5. The molecule has 2 rings (SSSR count). The Labute approximate surface area is 137 Å². The van der Waals surface area contributed by atoms with Crippen molar-refractivity contribution in [3.05, 3.63) is 24.3 Å². The van der Waals surface area contributed by atoms with E-state index in [9.17, 15) is 9.59 Å². The lowest BCUT2D eigenvalue weighted by atomic mass is 9.96. The Morgan fingerprint density at radius 2 is 1.74 bits per heavy atom. The SMILES string of the molecule is COCC(=O)Nc1ccc(NC(=O)CC2CCCNCC2)cc1. The predicted octanol–water partition coefficient (Wildman–Crippen LogP) is 1.99. The average Bonchev–Trinajstić information content (AvgIpc) is 2.78. The molecule has 0 aliphatic carbocycles. The normalized spacial score (nSPS) is 18.0. The highest BCUT2D eigenvalue weighted by Gasteiger charge is 2.15. The van der Waals surface area contributed by atoms with Crippen LogP contribution in [0.1, 0.15) is 25.7 Å². The lowest BCUT2D eigenvalue weighted by Gasteiger charge is -2.13. The van der Waals surface area contributed by atoms with Gasteiger partial charge in [0, 0.05) is 24.9 Å². The molecule has 0 radical (unpaired) electrons. The molecule has 3 N–H and O–H groups in total. The van der Waals surface area contributed by atoms with E-state index in [0.717, 1.165) is 38.0 Å². The number of hydrogen-bond donors (Lipinski definition) is 3. The molecule has 1 atom stereocenters. The molecule has 126 valence electrons. The molecule has 0 spiro atoms. The number of amides is 2. The van der Waals surface area contributed by atoms with Crippen LogP contribution >= 0.6 is 0 Å². The summed E-state index contributed by atoms with van der Waals surface area (Å²) in [6, 6.07) is 7.10. The number of carbonyl (C=O) groups is 2. The zero-order valence-electron chi connectivity index (χ0n) is 13.6. The van der Waals surface area contributed by atoms with E-state index in [1.807, 2.05) is 0 Å². The lowest BCUT2D eigenvalue weighted by molar-refractivity contribution is -0.119. The van der Waals surface area contributed by atoms with Gasteiger partial charge in [-0.25, -0.2) is 0 Å². The van der Waals surface area contributed by atoms with Crippen molar-refractivity contribution in [2.45, 2.75) is 25.7 Å². The molecule has 0 saturated carbocycles. The largest absolute Gasteiger partial charge is 0.375 e. The summed E-state index contributed by atoms with van der Waals surface area (Å²) in [6.07, 6.45) is 3.85.